The molecule has 0 bridgehead atoms. The van der Waals surface area contributed by atoms with Gasteiger partial charge in [0.05, 0.1) is 18.3 Å². The number of carbonyl (C=O) groups excluding carboxylic acids is 6. The molecule has 4 N–H and O–H groups in total. The summed E-state index contributed by atoms with van der Waals surface area (Å²) in [6.07, 6.45) is 13.2. The summed E-state index contributed by atoms with van der Waals surface area (Å²) in [5.74, 6) is -3.15. The van der Waals surface area contributed by atoms with Gasteiger partial charge < -0.3 is 26.2 Å². The first-order chi connectivity index (χ1) is 26.3. The molecule has 298 valence electrons. The molecule has 0 unspecified atom stereocenters. The van der Waals surface area contributed by atoms with Crippen molar-refractivity contribution in [2.24, 2.45) is 23.2 Å². The lowest BCUT2D eigenvalue weighted by molar-refractivity contribution is -0.146. The predicted molar refractivity (Wildman–Crippen MR) is 207 cm³/mol. The van der Waals surface area contributed by atoms with Gasteiger partial charge in [-0.3, -0.25) is 33.8 Å². The Balaban J connectivity index is 1.34. The Kier molecular flexibility index (Phi) is 14.2. The van der Waals surface area contributed by atoms with Gasteiger partial charge in [0.15, 0.2) is 0 Å². The highest BCUT2D eigenvalue weighted by molar-refractivity contribution is 6.38. The lowest BCUT2D eigenvalue weighted by atomic mass is 9.83. The average molecular weight is 758 g/mol. The summed E-state index contributed by atoms with van der Waals surface area (Å²) in [7, 11) is 0. The van der Waals surface area contributed by atoms with Crippen LogP contribution >= 0.6 is 0 Å². The molecule has 1 saturated heterocycles. The van der Waals surface area contributed by atoms with E-state index in [1.807, 2.05) is 58.0 Å². The molecule has 2 heterocycles. The van der Waals surface area contributed by atoms with Crippen molar-refractivity contribution < 1.29 is 28.8 Å². The van der Waals surface area contributed by atoms with Crippen molar-refractivity contribution >= 4 is 35.3 Å². The van der Waals surface area contributed by atoms with Gasteiger partial charge in [0.25, 0.3) is 11.8 Å². The van der Waals surface area contributed by atoms with E-state index in [2.05, 4.69) is 31.2 Å². The average Bonchev–Trinajstić information content (AvgIpc) is 3.78. The molecule has 1 aromatic carbocycles. The molecule has 3 fully saturated rings. The molecule has 1 aliphatic heterocycles. The third-order valence-electron chi connectivity index (χ3n) is 11.6. The highest BCUT2D eigenvalue weighted by atomic mass is 16.2. The Hall–Kier alpha value is -4.68. The minimum atomic E-state index is -1.06. The number of hydrogen-bond acceptors (Lipinski definition) is 8. The van der Waals surface area contributed by atoms with Crippen LogP contribution in [0.4, 0.5) is 0 Å². The van der Waals surface area contributed by atoms with Gasteiger partial charge in [0, 0.05) is 18.9 Å². The summed E-state index contributed by atoms with van der Waals surface area (Å²) in [5, 5.41) is 11.5. The molecule has 0 spiro atoms. The standard InChI is InChI=1S/C42H59N7O6/c1-6-14-31(35(50)40(54)45-26(2)28-17-11-8-12-18-28)46-39(53)34-30-20-13-19-29(30)25-49(34)41(55)36(42(3,4)5)48-37(51)32(23-27-15-9-7-10-16-27)47-38(52)33-24-43-21-22-44-33/h8,11-12,17-18,21-22,24,26-27,29-32,34,36H,6-7,9-10,13-16,19-20,23,25H2,1-5H3,(H,45,54)(H,46,53)(H,47,52)(H,48,51)/t26-,29-,30-,31-,32-,34-,36+/m0/s1. The van der Waals surface area contributed by atoms with E-state index >= 15 is 0 Å². The Morgan fingerprint density at radius 1 is 0.855 bits per heavy atom. The number of fused-ring (bicyclic) bond motifs is 1. The molecule has 5 amide bonds. The number of ketones is 1. The van der Waals surface area contributed by atoms with Crippen molar-refractivity contribution in [3.05, 3.63) is 60.2 Å². The topological polar surface area (TPSA) is 180 Å². The van der Waals surface area contributed by atoms with Crippen molar-refractivity contribution in [2.45, 2.75) is 135 Å². The number of benzene rings is 1. The van der Waals surface area contributed by atoms with E-state index in [4.69, 9.17) is 0 Å². The van der Waals surface area contributed by atoms with E-state index < -0.39 is 65.0 Å². The van der Waals surface area contributed by atoms with E-state index in [9.17, 15) is 28.8 Å². The Bertz CT molecular complexity index is 1660. The quantitative estimate of drug-likeness (QED) is 0.193. The first kappa shape index (κ1) is 41.5. The number of nitrogens with one attached hydrogen (secondary N) is 4. The van der Waals surface area contributed by atoms with Gasteiger partial charge in [-0.2, -0.15) is 0 Å². The van der Waals surface area contributed by atoms with Gasteiger partial charge in [-0.05, 0) is 61.3 Å². The zero-order valence-electron chi connectivity index (χ0n) is 33.0. The van der Waals surface area contributed by atoms with E-state index in [1.54, 1.807) is 11.8 Å². The van der Waals surface area contributed by atoms with Crippen LogP contribution in [-0.4, -0.2) is 80.9 Å². The molecule has 2 saturated carbocycles. The summed E-state index contributed by atoms with van der Waals surface area (Å²) in [4.78, 5) is 92.9. The van der Waals surface area contributed by atoms with Gasteiger partial charge in [0.2, 0.25) is 23.5 Å². The maximum absolute atomic E-state index is 14.7. The van der Waals surface area contributed by atoms with Gasteiger partial charge in [-0.1, -0.05) is 103 Å². The number of amides is 5. The number of aromatic nitrogens is 2. The van der Waals surface area contributed by atoms with Crippen molar-refractivity contribution in [2.75, 3.05) is 6.54 Å². The third-order valence-corrected chi connectivity index (χ3v) is 11.6. The van der Waals surface area contributed by atoms with Crippen LogP contribution in [0, 0.1) is 23.2 Å². The fourth-order valence-electron chi connectivity index (χ4n) is 8.63. The van der Waals surface area contributed by atoms with Gasteiger partial charge in [-0.15, -0.1) is 0 Å². The Morgan fingerprint density at radius 3 is 2.24 bits per heavy atom. The molecule has 3 aliphatic rings. The molecule has 5 rings (SSSR count). The van der Waals surface area contributed by atoms with Crippen LogP contribution in [0.15, 0.2) is 48.9 Å². The van der Waals surface area contributed by atoms with E-state index in [1.165, 1.54) is 18.6 Å². The molecule has 55 heavy (non-hydrogen) atoms. The molecule has 13 heteroatoms. The van der Waals surface area contributed by atoms with Crippen LogP contribution < -0.4 is 21.3 Å². The van der Waals surface area contributed by atoms with Gasteiger partial charge in [0.1, 0.15) is 23.8 Å². The lowest BCUT2D eigenvalue weighted by Crippen LogP contribution is -2.61. The fraction of sp³-hybridized carbons (Fsp3) is 0.619. The monoisotopic (exact) mass is 757 g/mol. The zero-order chi connectivity index (χ0) is 39.7. The number of rotatable bonds is 15. The third kappa shape index (κ3) is 10.5. The largest absolute Gasteiger partial charge is 0.344 e. The number of likely N-dealkylation sites (tertiary alicyclic amines) is 1. The molecule has 13 nitrogen and oxygen atoms in total. The summed E-state index contributed by atoms with van der Waals surface area (Å²) in [6.45, 7) is 9.61. The predicted octanol–water partition coefficient (Wildman–Crippen LogP) is 4.43. The summed E-state index contributed by atoms with van der Waals surface area (Å²) in [6, 6.07) is 5.05. The number of nitrogens with zero attached hydrogens (tertiary/aromatic N) is 3. The second kappa shape index (κ2) is 18.8. The molecule has 1 aromatic heterocycles. The number of Topliss-reactive ketones (excluding diaryl/α,β-unsaturated/α-hetero) is 1. The SMILES string of the molecule is CCC[C@H](NC(=O)[C@@H]1[C@H]2CCC[C@H]2CN1C(=O)[C@@H](NC(=O)[C@H](CC1CCCCC1)NC(=O)c1cnccn1)C(C)(C)C)C(=O)C(=O)N[C@@H](C)c1ccccc1. The Labute approximate surface area is 325 Å². The van der Waals surface area contributed by atoms with Gasteiger partial charge in [-0.25, -0.2) is 4.98 Å². The first-order valence-corrected chi connectivity index (χ1v) is 20.2. The normalized spacial score (nSPS) is 22.1. The number of hydrogen-bond donors (Lipinski definition) is 4. The van der Waals surface area contributed by atoms with E-state index in [0.29, 0.717) is 19.4 Å². The summed E-state index contributed by atoms with van der Waals surface area (Å²) >= 11 is 0. The highest BCUT2D eigenvalue weighted by Gasteiger charge is 2.52. The summed E-state index contributed by atoms with van der Waals surface area (Å²) < 4.78 is 0. The molecule has 7 atom stereocenters. The minimum Gasteiger partial charge on any atom is -0.344 e. The van der Waals surface area contributed by atoms with Crippen molar-refractivity contribution in [1.29, 1.82) is 0 Å². The van der Waals surface area contributed by atoms with E-state index in [0.717, 1.165) is 56.9 Å². The molecule has 0 radical (unpaired) electrons. The molecular formula is C42H59N7O6. The van der Waals surface area contributed by atoms with Crippen molar-refractivity contribution in [1.82, 2.24) is 36.1 Å². The minimum absolute atomic E-state index is 0.0906. The van der Waals surface area contributed by atoms with Crippen LogP contribution in [0.5, 0.6) is 0 Å². The molecule has 2 aromatic rings. The van der Waals surface area contributed by atoms with Crippen LogP contribution in [0.1, 0.15) is 127 Å². The molecular weight excluding hydrogens is 699 g/mol. The molecule has 2 aliphatic carbocycles. The maximum atomic E-state index is 14.7. The van der Waals surface area contributed by atoms with Crippen LogP contribution in [0.3, 0.4) is 0 Å². The lowest BCUT2D eigenvalue weighted by Gasteiger charge is -2.37. The maximum Gasteiger partial charge on any atom is 0.290 e. The van der Waals surface area contributed by atoms with Crippen LogP contribution in [-0.2, 0) is 24.0 Å². The first-order valence-electron chi connectivity index (χ1n) is 20.2. The second-order valence-corrected chi connectivity index (χ2v) is 16.8. The zero-order valence-corrected chi connectivity index (χ0v) is 33.0. The number of carbonyl (C=O) groups is 6. The smallest absolute Gasteiger partial charge is 0.290 e. The Morgan fingerprint density at radius 2 is 1.58 bits per heavy atom. The van der Waals surface area contributed by atoms with E-state index in [-0.39, 0.29) is 35.8 Å². The van der Waals surface area contributed by atoms with Crippen LogP contribution in [0.2, 0.25) is 0 Å². The highest BCUT2D eigenvalue weighted by Crippen LogP contribution is 2.43. The van der Waals surface area contributed by atoms with Crippen molar-refractivity contribution in [3.63, 3.8) is 0 Å². The fourth-order valence-corrected chi connectivity index (χ4v) is 8.63. The van der Waals surface area contributed by atoms with Gasteiger partial charge >= 0.3 is 0 Å². The van der Waals surface area contributed by atoms with Crippen LogP contribution in [0.25, 0.3) is 0 Å². The second-order valence-electron chi connectivity index (χ2n) is 16.8. The summed E-state index contributed by atoms with van der Waals surface area (Å²) in [5.41, 5.74) is 0.179. The van der Waals surface area contributed by atoms with Crippen molar-refractivity contribution in [3.8, 4) is 0 Å².